The Kier molecular flexibility index (Phi) is 11.7. The van der Waals surface area contributed by atoms with Crippen molar-refractivity contribution in [3.8, 4) is 11.5 Å². The van der Waals surface area contributed by atoms with E-state index in [1.807, 2.05) is 24.3 Å². The quantitative estimate of drug-likeness (QED) is 0.145. The predicted octanol–water partition coefficient (Wildman–Crippen LogP) is -4.12. The Balaban J connectivity index is 1.28. The number of aliphatic hydroxyl groups excluding tert-OH is 2. The van der Waals surface area contributed by atoms with E-state index in [-0.39, 0.29) is 13.2 Å². The second kappa shape index (κ2) is 14.7. The zero-order valence-electron chi connectivity index (χ0n) is 22.5. The fraction of sp³-hybridized carbons (Fsp3) is 0.643. The Morgan fingerprint density at radius 2 is 0.972 bits per heavy atom. The summed E-state index contributed by atoms with van der Waals surface area (Å²) in [7, 11) is 0. The first kappa shape index (κ1) is 28.6. The van der Waals surface area contributed by atoms with E-state index in [1.165, 1.54) is 20.9 Å². The molecule has 0 amide bonds. The molecule has 2 atom stereocenters. The molecule has 0 bridgehead atoms. The van der Waals surface area contributed by atoms with Gasteiger partial charge in [-0.3, -0.25) is 0 Å². The van der Waals surface area contributed by atoms with Crippen LogP contribution in [0.5, 0.6) is 11.5 Å². The summed E-state index contributed by atoms with van der Waals surface area (Å²) in [6, 6.07) is 7.43. The summed E-state index contributed by atoms with van der Waals surface area (Å²) in [5, 5.41) is 20.9. The van der Waals surface area contributed by atoms with Crippen LogP contribution in [0.1, 0.15) is 13.8 Å². The second-order valence-electron chi connectivity index (χ2n) is 11.1. The van der Waals surface area contributed by atoms with Gasteiger partial charge in [0, 0.05) is 0 Å². The average Bonchev–Trinajstić information content (AvgIpc) is 2.84. The molecule has 0 aliphatic carbocycles. The lowest BCUT2D eigenvalue weighted by molar-refractivity contribution is -1.01. The van der Waals surface area contributed by atoms with Gasteiger partial charge < -0.3 is 39.3 Å². The van der Waals surface area contributed by atoms with Gasteiger partial charge in [-0.1, -0.05) is 13.2 Å². The second-order valence-corrected chi connectivity index (χ2v) is 11.1. The largest absolute Gasteiger partial charge is 0.491 e. The molecule has 2 saturated heterocycles. The normalized spacial score (nSPS) is 26.1. The molecule has 2 aliphatic heterocycles. The van der Waals surface area contributed by atoms with E-state index in [1.54, 1.807) is 9.80 Å². The molecule has 0 unspecified atom stereocenters. The van der Waals surface area contributed by atoms with Crippen LogP contribution < -0.4 is 29.1 Å². The highest BCUT2D eigenvalue weighted by molar-refractivity contribution is 5.31. The van der Waals surface area contributed by atoms with Crippen molar-refractivity contribution >= 4 is 0 Å². The third-order valence-corrected chi connectivity index (χ3v) is 7.19. The number of aliphatic hydroxyl groups is 2. The van der Waals surface area contributed by atoms with Crippen LogP contribution in [0.15, 0.2) is 48.6 Å². The van der Waals surface area contributed by atoms with Crippen molar-refractivity contribution < 1.29 is 39.3 Å². The molecule has 1 aromatic rings. The molecule has 2 fully saturated rings. The molecule has 0 aromatic heterocycles. The van der Waals surface area contributed by atoms with E-state index in [0.717, 1.165) is 65.4 Å². The van der Waals surface area contributed by atoms with Crippen LogP contribution in [0.2, 0.25) is 0 Å². The van der Waals surface area contributed by atoms with Gasteiger partial charge in [-0.2, -0.15) is 0 Å². The van der Waals surface area contributed by atoms with Crippen molar-refractivity contribution in [1.29, 1.82) is 0 Å². The molecule has 2 aliphatic rings. The van der Waals surface area contributed by atoms with Crippen LogP contribution in [0.4, 0.5) is 0 Å². The molecule has 2 heterocycles. The van der Waals surface area contributed by atoms with Gasteiger partial charge in [-0.05, 0) is 49.3 Å². The number of ether oxygens (including phenoxy) is 2. The van der Waals surface area contributed by atoms with E-state index in [2.05, 4.69) is 27.0 Å². The van der Waals surface area contributed by atoms with Crippen LogP contribution in [-0.4, -0.2) is 114 Å². The highest BCUT2D eigenvalue weighted by Crippen LogP contribution is 2.17. The molecule has 8 nitrogen and oxygen atoms in total. The van der Waals surface area contributed by atoms with E-state index in [4.69, 9.17) is 9.47 Å². The lowest BCUT2D eigenvalue weighted by Crippen LogP contribution is -3.28. The number of hydrogen-bond donors (Lipinski definition) is 6. The Bertz CT molecular complexity index is 735. The Labute approximate surface area is 217 Å². The Morgan fingerprint density at radius 3 is 1.28 bits per heavy atom. The molecule has 202 valence electrons. The molecule has 3 rings (SSSR count). The van der Waals surface area contributed by atoms with Gasteiger partial charge in [-0.15, -0.1) is 0 Å². The summed E-state index contributed by atoms with van der Waals surface area (Å²) < 4.78 is 11.6. The van der Waals surface area contributed by atoms with E-state index >= 15 is 0 Å². The molecule has 8 heteroatoms. The first-order valence-electron chi connectivity index (χ1n) is 13.6. The molecule has 0 saturated carbocycles. The van der Waals surface area contributed by atoms with Crippen LogP contribution in [0.3, 0.4) is 0 Å². The minimum Gasteiger partial charge on any atom is -0.491 e. The van der Waals surface area contributed by atoms with E-state index < -0.39 is 12.2 Å². The van der Waals surface area contributed by atoms with Gasteiger partial charge in [0.25, 0.3) is 0 Å². The van der Waals surface area contributed by atoms with Crippen molar-refractivity contribution in [3.05, 3.63) is 48.6 Å². The highest BCUT2D eigenvalue weighted by Gasteiger charge is 2.26. The lowest BCUT2D eigenvalue weighted by Gasteiger charge is -2.30. The summed E-state index contributed by atoms with van der Waals surface area (Å²) >= 11 is 0. The van der Waals surface area contributed by atoms with Gasteiger partial charge in [0.2, 0.25) is 0 Å². The predicted molar refractivity (Wildman–Crippen MR) is 141 cm³/mol. The van der Waals surface area contributed by atoms with Crippen LogP contribution in [-0.2, 0) is 0 Å². The summed E-state index contributed by atoms with van der Waals surface area (Å²) in [6.45, 7) is 25.1. The first-order chi connectivity index (χ1) is 17.3. The van der Waals surface area contributed by atoms with Crippen LogP contribution in [0.25, 0.3) is 0 Å². The van der Waals surface area contributed by atoms with Gasteiger partial charge in [-0.25, -0.2) is 0 Å². The molecule has 6 N–H and O–H groups in total. The zero-order chi connectivity index (χ0) is 25.9. The number of nitrogens with one attached hydrogen (secondary N) is 4. The van der Waals surface area contributed by atoms with Crippen molar-refractivity contribution in [2.75, 3.05) is 91.8 Å². The SMILES string of the molecule is C=C(C)C[NH+]1CC[NH+](C[C@H](O)COc2ccc(OC[C@@H](O)C[NH+]3CC[NH+](CC(=C)C)CC3)cc2)CC1. The number of rotatable bonds is 14. The number of benzene rings is 1. The minimum atomic E-state index is -0.486. The molecule has 1 aromatic carbocycles. The highest BCUT2D eigenvalue weighted by atomic mass is 16.5. The van der Waals surface area contributed by atoms with Crippen molar-refractivity contribution in [2.24, 2.45) is 0 Å². The lowest BCUT2D eigenvalue weighted by atomic mass is 10.2. The van der Waals surface area contributed by atoms with Gasteiger partial charge >= 0.3 is 0 Å². The molecular formula is C28H50N4O4+4. The summed E-state index contributed by atoms with van der Waals surface area (Å²) in [5.41, 5.74) is 2.47. The summed E-state index contributed by atoms with van der Waals surface area (Å²) in [5.74, 6) is 1.43. The van der Waals surface area contributed by atoms with E-state index in [9.17, 15) is 10.2 Å². The van der Waals surface area contributed by atoms with Gasteiger partial charge in [0.05, 0.1) is 13.1 Å². The minimum absolute atomic E-state index is 0.287. The van der Waals surface area contributed by atoms with Gasteiger partial charge in [0.15, 0.2) is 0 Å². The molecular weight excluding hydrogens is 456 g/mol. The average molecular weight is 507 g/mol. The molecule has 36 heavy (non-hydrogen) atoms. The van der Waals surface area contributed by atoms with Crippen LogP contribution in [0, 0.1) is 0 Å². The third-order valence-electron chi connectivity index (χ3n) is 7.19. The Hall–Kier alpha value is -1.94. The fourth-order valence-electron chi connectivity index (χ4n) is 5.33. The van der Waals surface area contributed by atoms with Crippen LogP contribution >= 0.6 is 0 Å². The maximum absolute atomic E-state index is 10.4. The van der Waals surface area contributed by atoms with Crippen molar-refractivity contribution in [3.63, 3.8) is 0 Å². The monoisotopic (exact) mass is 506 g/mol. The van der Waals surface area contributed by atoms with Gasteiger partial charge in [0.1, 0.15) is 102 Å². The maximum atomic E-state index is 10.4. The topological polar surface area (TPSA) is 76.7 Å². The maximum Gasteiger partial charge on any atom is 0.137 e. The Morgan fingerprint density at radius 1 is 0.667 bits per heavy atom. The fourth-order valence-corrected chi connectivity index (χ4v) is 5.33. The first-order valence-corrected chi connectivity index (χ1v) is 13.6. The zero-order valence-corrected chi connectivity index (χ0v) is 22.5. The third kappa shape index (κ3) is 10.6. The summed E-state index contributed by atoms with van der Waals surface area (Å²) in [4.78, 5) is 6.06. The standard InChI is InChI=1S/C28H46N4O4/c1-23(2)17-29-9-13-31(14-10-29)19-25(33)21-35-27-5-7-28(8-6-27)36-22-26(34)20-32-15-11-30(12-16-32)18-24(3)4/h5-8,25-26,33-34H,1,3,9-22H2,2,4H3/p+4/t25-,26-/m0/s1. The van der Waals surface area contributed by atoms with Crippen molar-refractivity contribution in [2.45, 2.75) is 26.1 Å². The molecule has 0 radical (unpaired) electrons. The number of hydrogen-bond acceptors (Lipinski definition) is 4. The van der Waals surface area contributed by atoms with E-state index in [0.29, 0.717) is 24.6 Å². The number of piperazine rings is 2. The number of quaternary nitrogens is 4. The smallest absolute Gasteiger partial charge is 0.137 e. The molecule has 0 spiro atoms. The van der Waals surface area contributed by atoms with Crippen molar-refractivity contribution in [1.82, 2.24) is 0 Å². The summed E-state index contributed by atoms with van der Waals surface area (Å²) in [6.07, 6.45) is -0.971.